The number of rotatable bonds is 6. The van der Waals surface area contributed by atoms with Gasteiger partial charge >= 0.3 is 0 Å². The third kappa shape index (κ3) is 4.39. The number of benzene rings is 1. The zero-order chi connectivity index (χ0) is 11.8. The van der Waals surface area contributed by atoms with Gasteiger partial charge in [-0.3, -0.25) is 5.43 Å². The van der Waals surface area contributed by atoms with Crippen LogP contribution in [0.5, 0.6) is 0 Å². The Bertz CT molecular complexity index is 316. The van der Waals surface area contributed by atoms with E-state index in [1.54, 1.807) is 0 Å². The molecule has 0 unspecified atom stereocenters. The maximum Gasteiger partial charge on any atom is 0.103 e. The van der Waals surface area contributed by atoms with Gasteiger partial charge in [0, 0.05) is 12.6 Å². The Balaban J connectivity index is 2.28. The van der Waals surface area contributed by atoms with E-state index in [1.807, 2.05) is 30.3 Å². The molecule has 0 amide bonds. The lowest BCUT2D eigenvalue weighted by Crippen LogP contribution is -2.29. The van der Waals surface area contributed by atoms with Crippen molar-refractivity contribution < 1.29 is 15.3 Å². The minimum Gasteiger partial charge on any atom is -0.394 e. The van der Waals surface area contributed by atoms with Crippen molar-refractivity contribution >= 4 is 11.9 Å². The molecule has 0 saturated carbocycles. The molecule has 5 heteroatoms. The highest BCUT2D eigenvalue weighted by Crippen LogP contribution is 2.04. The summed E-state index contributed by atoms with van der Waals surface area (Å²) >= 11 is 0. The fraction of sp³-hybridized carbons (Fsp3) is 0.364. The van der Waals surface area contributed by atoms with Gasteiger partial charge in [-0.25, -0.2) is 0 Å². The quantitative estimate of drug-likeness (QED) is 0.410. The Morgan fingerprint density at radius 2 is 1.88 bits per heavy atom. The summed E-state index contributed by atoms with van der Waals surface area (Å²) in [7, 11) is 0. The standard InChI is InChI=1S/C11H16N2O3/c14-8-11(16)10(15)6-7-12-13-9-4-2-1-3-5-9/h1-5,7,10-11,13-16H,6,8H2/t10-,11+/m1/s1. The van der Waals surface area contributed by atoms with Crippen LogP contribution in [0.4, 0.5) is 5.69 Å². The van der Waals surface area contributed by atoms with E-state index in [4.69, 9.17) is 10.2 Å². The lowest BCUT2D eigenvalue weighted by atomic mass is 10.2. The first kappa shape index (κ1) is 12.6. The summed E-state index contributed by atoms with van der Waals surface area (Å²) in [5.41, 5.74) is 3.61. The molecule has 0 spiro atoms. The van der Waals surface area contributed by atoms with Gasteiger partial charge in [-0.1, -0.05) is 18.2 Å². The molecule has 16 heavy (non-hydrogen) atoms. The third-order valence-corrected chi connectivity index (χ3v) is 2.04. The van der Waals surface area contributed by atoms with Crippen LogP contribution < -0.4 is 5.43 Å². The van der Waals surface area contributed by atoms with E-state index < -0.39 is 18.8 Å². The average Bonchev–Trinajstić information content (AvgIpc) is 2.34. The summed E-state index contributed by atoms with van der Waals surface area (Å²) in [4.78, 5) is 0. The molecule has 0 aromatic heterocycles. The number of aliphatic hydroxyl groups excluding tert-OH is 3. The smallest absolute Gasteiger partial charge is 0.103 e. The molecule has 0 aliphatic rings. The number of hydrogen-bond donors (Lipinski definition) is 4. The van der Waals surface area contributed by atoms with Gasteiger partial charge in [0.05, 0.1) is 18.4 Å². The van der Waals surface area contributed by atoms with Gasteiger partial charge in [0.2, 0.25) is 0 Å². The maximum atomic E-state index is 9.29. The monoisotopic (exact) mass is 224 g/mol. The predicted octanol–water partition coefficient (Wildman–Crippen LogP) is 0.188. The Labute approximate surface area is 94.1 Å². The van der Waals surface area contributed by atoms with Crippen LogP contribution in [0.15, 0.2) is 35.4 Å². The second-order valence-corrected chi connectivity index (χ2v) is 3.34. The van der Waals surface area contributed by atoms with Gasteiger partial charge < -0.3 is 15.3 Å². The van der Waals surface area contributed by atoms with Crippen molar-refractivity contribution in [3.63, 3.8) is 0 Å². The first-order valence-electron chi connectivity index (χ1n) is 5.03. The van der Waals surface area contributed by atoms with Gasteiger partial charge in [-0.05, 0) is 12.1 Å². The van der Waals surface area contributed by atoms with Gasteiger partial charge in [0.15, 0.2) is 0 Å². The van der Waals surface area contributed by atoms with Crippen molar-refractivity contribution in [2.75, 3.05) is 12.0 Å². The molecule has 88 valence electrons. The van der Waals surface area contributed by atoms with Crippen LogP contribution >= 0.6 is 0 Å². The molecule has 0 aliphatic heterocycles. The van der Waals surface area contributed by atoms with Crippen molar-refractivity contribution in [1.82, 2.24) is 0 Å². The molecule has 0 heterocycles. The zero-order valence-electron chi connectivity index (χ0n) is 8.82. The van der Waals surface area contributed by atoms with E-state index in [-0.39, 0.29) is 6.42 Å². The summed E-state index contributed by atoms with van der Waals surface area (Å²) in [6, 6.07) is 9.37. The average molecular weight is 224 g/mol. The first-order valence-corrected chi connectivity index (χ1v) is 5.03. The van der Waals surface area contributed by atoms with E-state index in [0.717, 1.165) is 5.69 Å². The largest absolute Gasteiger partial charge is 0.394 e. The van der Waals surface area contributed by atoms with Crippen LogP contribution in [0.25, 0.3) is 0 Å². The summed E-state index contributed by atoms with van der Waals surface area (Å²) in [6.07, 6.45) is -0.479. The number of aliphatic hydroxyl groups is 3. The number of hydrogen-bond acceptors (Lipinski definition) is 5. The SMILES string of the molecule is OC[C@H](O)[C@H](O)CC=NNc1ccccc1. The van der Waals surface area contributed by atoms with Crippen LogP contribution in [-0.4, -0.2) is 40.3 Å². The van der Waals surface area contributed by atoms with Crippen LogP contribution in [-0.2, 0) is 0 Å². The number of nitrogens with zero attached hydrogens (tertiary/aromatic N) is 1. The molecule has 0 saturated heterocycles. The predicted molar refractivity (Wildman–Crippen MR) is 62.3 cm³/mol. The minimum atomic E-state index is -1.12. The molecule has 0 aliphatic carbocycles. The lowest BCUT2D eigenvalue weighted by Gasteiger charge is -2.12. The Kier molecular flexibility index (Phi) is 5.49. The highest BCUT2D eigenvalue weighted by atomic mass is 16.4. The second kappa shape index (κ2) is 6.95. The van der Waals surface area contributed by atoms with Crippen molar-refractivity contribution in [3.05, 3.63) is 30.3 Å². The molecular weight excluding hydrogens is 208 g/mol. The normalized spacial score (nSPS) is 14.9. The van der Waals surface area contributed by atoms with Crippen LogP contribution in [0.3, 0.4) is 0 Å². The minimum absolute atomic E-state index is 0.182. The van der Waals surface area contributed by atoms with Crippen molar-refractivity contribution in [2.24, 2.45) is 5.10 Å². The van der Waals surface area contributed by atoms with E-state index >= 15 is 0 Å². The number of anilines is 1. The molecule has 1 aromatic rings. The first-order chi connectivity index (χ1) is 7.74. The third-order valence-electron chi connectivity index (χ3n) is 2.04. The Morgan fingerprint density at radius 1 is 1.19 bits per heavy atom. The molecule has 0 radical (unpaired) electrons. The van der Waals surface area contributed by atoms with Crippen molar-refractivity contribution in [3.8, 4) is 0 Å². The van der Waals surface area contributed by atoms with Crippen molar-refractivity contribution in [1.29, 1.82) is 0 Å². The van der Waals surface area contributed by atoms with E-state index in [9.17, 15) is 5.11 Å². The molecular formula is C11H16N2O3. The maximum absolute atomic E-state index is 9.29. The van der Waals surface area contributed by atoms with E-state index in [0.29, 0.717) is 0 Å². The lowest BCUT2D eigenvalue weighted by molar-refractivity contribution is -0.00945. The number of nitrogens with one attached hydrogen (secondary N) is 1. The molecule has 2 atom stereocenters. The topological polar surface area (TPSA) is 85.1 Å². The molecule has 1 aromatic carbocycles. The molecule has 1 rings (SSSR count). The number of para-hydroxylation sites is 1. The number of hydrazone groups is 1. The van der Waals surface area contributed by atoms with Crippen LogP contribution in [0.1, 0.15) is 6.42 Å². The highest BCUT2D eigenvalue weighted by Gasteiger charge is 2.12. The summed E-state index contributed by atoms with van der Waals surface area (Å²) in [5.74, 6) is 0. The second-order valence-electron chi connectivity index (χ2n) is 3.34. The molecule has 4 N–H and O–H groups in total. The fourth-order valence-electron chi connectivity index (χ4n) is 1.07. The van der Waals surface area contributed by atoms with Crippen LogP contribution in [0.2, 0.25) is 0 Å². The molecule has 0 fully saturated rings. The van der Waals surface area contributed by atoms with Crippen LogP contribution in [0, 0.1) is 0 Å². The van der Waals surface area contributed by atoms with Gasteiger partial charge in [0.1, 0.15) is 6.10 Å². The summed E-state index contributed by atoms with van der Waals surface area (Å²) in [5, 5.41) is 30.8. The van der Waals surface area contributed by atoms with Gasteiger partial charge in [-0.2, -0.15) is 5.10 Å². The van der Waals surface area contributed by atoms with Gasteiger partial charge in [0.25, 0.3) is 0 Å². The summed E-state index contributed by atoms with van der Waals surface area (Å²) in [6.45, 7) is -0.457. The highest BCUT2D eigenvalue weighted by molar-refractivity contribution is 5.60. The fourth-order valence-corrected chi connectivity index (χ4v) is 1.07. The Morgan fingerprint density at radius 3 is 2.50 bits per heavy atom. The van der Waals surface area contributed by atoms with Crippen molar-refractivity contribution in [2.45, 2.75) is 18.6 Å². The van der Waals surface area contributed by atoms with E-state index in [2.05, 4.69) is 10.5 Å². The zero-order valence-corrected chi connectivity index (χ0v) is 8.82. The Hall–Kier alpha value is -1.43. The van der Waals surface area contributed by atoms with Gasteiger partial charge in [-0.15, -0.1) is 0 Å². The summed E-state index contributed by atoms with van der Waals surface area (Å²) < 4.78 is 0. The van der Waals surface area contributed by atoms with E-state index in [1.165, 1.54) is 6.21 Å². The molecule has 0 bridgehead atoms. The molecule has 5 nitrogen and oxygen atoms in total.